The molecule has 0 atom stereocenters. The lowest BCUT2D eigenvalue weighted by Gasteiger charge is -2.13. The van der Waals surface area contributed by atoms with Crippen LogP contribution in [0.2, 0.25) is 10.0 Å². The third-order valence-electron chi connectivity index (χ3n) is 1.97. The van der Waals surface area contributed by atoms with E-state index in [2.05, 4.69) is 10.3 Å². The first-order valence-corrected chi connectivity index (χ1v) is 6.36. The van der Waals surface area contributed by atoms with Crippen molar-refractivity contribution in [2.75, 3.05) is 5.75 Å². The number of nitrogens with zero attached hydrogens (tertiary/aromatic N) is 1. The summed E-state index contributed by atoms with van der Waals surface area (Å²) in [5, 5.41) is 4.17. The first-order chi connectivity index (χ1) is 7.66. The fraction of sp³-hybridized carbons (Fsp3) is 0.200. The first kappa shape index (κ1) is 11.8. The molecule has 1 aromatic rings. The number of amidine groups is 1. The van der Waals surface area contributed by atoms with E-state index < -0.39 is 0 Å². The molecule has 2 rings (SSSR count). The van der Waals surface area contributed by atoms with E-state index in [4.69, 9.17) is 23.2 Å². The van der Waals surface area contributed by atoms with Crippen molar-refractivity contribution in [2.45, 2.75) is 6.42 Å². The van der Waals surface area contributed by atoms with Gasteiger partial charge in [-0.25, -0.2) is 4.99 Å². The molecule has 1 saturated heterocycles. The maximum Gasteiger partial charge on any atom is 0.226 e. The summed E-state index contributed by atoms with van der Waals surface area (Å²) in [5.41, 5.74) is 0.496. The molecule has 0 radical (unpaired) electrons. The lowest BCUT2D eigenvalue weighted by Crippen LogP contribution is -2.32. The van der Waals surface area contributed by atoms with E-state index in [0.717, 1.165) is 5.75 Å². The van der Waals surface area contributed by atoms with E-state index >= 15 is 0 Å². The maximum absolute atomic E-state index is 11.2. The second-order valence-electron chi connectivity index (χ2n) is 3.13. The number of aliphatic imine (C=N–C) groups is 1. The van der Waals surface area contributed by atoms with Crippen LogP contribution in [0.3, 0.4) is 0 Å². The molecule has 1 aromatic carbocycles. The van der Waals surface area contributed by atoms with Crippen LogP contribution in [-0.2, 0) is 4.79 Å². The molecule has 1 N–H and O–H groups in total. The SMILES string of the molecule is O=C1CCSC(=Nc2c(Cl)cccc2Cl)N1. The van der Waals surface area contributed by atoms with Gasteiger partial charge in [-0.3, -0.25) is 4.79 Å². The van der Waals surface area contributed by atoms with Crippen LogP contribution in [0.5, 0.6) is 0 Å². The van der Waals surface area contributed by atoms with Crippen molar-refractivity contribution in [2.24, 2.45) is 4.99 Å². The number of para-hydroxylation sites is 1. The second-order valence-corrected chi connectivity index (χ2v) is 5.03. The minimum atomic E-state index is -0.0272. The number of carbonyl (C=O) groups excluding carboxylic acids is 1. The number of halogens is 2. The molecule has 0 aliphatic carbocycles. The molecule has 6 heteroatoms. The van der Waals surface area contributed by atoms with Crippen LogP contribution in [-0.4, -0.2) is 16.8 Å². The minimum Gasteiger partial charge on any atom is -0.305 e. The quantitative estimate of drug-likeness (QED) is 0.854. The minimum absolute atomic E-state index is 0.0272. The van der Waals surface area contributed by atoms with E-state index in [1.807, 2.05) is 0 Å². The summed E-state index contributed by atoms with van der Waals surface area (Å²) >= 11 is 13.4. The van der Waals surface area contributed by atoms with Gasteiger partial charge >= 0.3 is 0 Å². The molecule has 3 nitrogen and oxygen atoms in total. The Balaban J connectivity index is 2.31. The standard InChI is InChI=1S/C10H8Cl2N2OS/c11-6-2-1-3-7(12)9(6)14-10-13-8(15)4-5-16-10/h1-3H,4-5H2,(H,13,14,15). The van der Waals surface area contributed by atoms with Gasteiger partial charge in [-0.05, 0) is 12.1 Å². The Kier molecular flexibility index (Phi) is 3.74. The van der Waals surface area contributed by atoms with Crippen molar-refractivity contribution in [3.63, 3.8) is 0 Å². The maximum atomic E-state index is 11.2. The van der Waals surface area contributed by atoms with Crippen molar-refractivity contribution in [3.05, 3.63) is 28.2 Å². The highest BCUT2D eigenvalue weighted by Gasteiger charge is 2.15. The number of rotatable bonds is 1. The molecule has 1 aliphatic rings. The van der Waals surface area contributed by atoms with Gasteiger partial charge < -0.3 is 5.32 Å². The number of hydrogen-bond donors (Lipinski definition) is 1. The Morgan fingerprint density at radius 2 is 2.00 bits per heavy atom. The van der Waals surface area contributed by atoms with Crippen LogP contribution in [0, 0.1) is 0 Å². The lowest BCUT2D eigenvalue weighted by atomic mass is 10.3. The summed E-state index contributed by atoms with van der Waals surface area (Å²) in [5.74, 6) is 0.702. The van der Waals surface area contributed by atoms with Crippen molar-refractivity contribution < 1.29 is 4.79 Å². The number of nitrogens with one attached hydrogen (secondary N) is 1. The Morgan fingerprint density at radius 1 is 1.31 bits per heavy atom. The largest absolute Gasteiger partial charge is 0.305 e. The van der Waals surface area contributed by atoms with Gasteiger partial charge in [0.2, 0.25) is 5.91 Å². The normalized spacial score (nSPS) is 18.6. The third kappa shape index (κ3) is 2.70. The van der Waals surface area contributed by atoms with Crippen LogP contribution < -0.4 is 5.32 Å². The van der Waals surface area contributed by atoms with Gasteiger partial charge in [0.1, 0.15) is 5.69 Å². The van der Waals surface area contributed by atoms with Crippen molar-refractivity contribution in [1.29, 1.82) is 0 Å². The molecule has 0 saturated carbocycles. The lowest BCUT2D eigenvalue weighted by molar-refractivity contribution is -0.119. The molecule has 1 amide bonds. The van der Waals surface area contributed by atoms with Crippen LogP contribution in [0.25, 0.3) is 0 Å². The number of amides is 1. The highest BCUT2D eigenvalue weighted by Crippen LogP contribution is 2.33. The summed E-state index contributed by atoms with van der Waals surface area (Å²) in [6.45, 7) is 0. The average Bonchev–Trinajstić information content (AvgIpc) is 2.24. The summed E-state index contributed by atoms with van der Waals surface area (Å²) in [6, 6.07) is 5.17. The molecule has 1 fully saturated rings. The summed E-state index contributed by atoms with van der Waals surface area (Å²) in [4.78, 5) is 15.4. The molecule has 0 unspecified atom stereocenters. The van der Waals surface area contributed by atoms with E-state index in [1.165, 1.54) is 11.8 Å². The van der Waals surface area contributed by atoms with Crippen molar-refractivity contribution in [3.8, 4) is 0 Å². The van der Waals surface area contributed by atoms with Crippen LogP contribution in [0.15, 0.2) is 23.2 Å². The van der Waals surface area contributed by atoms with E-state index in [-0.39, 0.29) is 5.91 Å². The highest BCUT2D eigenvalue weighted by atomic mass is 35.5. The third-order valence-corrected chi connectivity index (χ3v) is 3.45. The van der Waals surface area contributed by atoms with Crippen LogP contribution in [0.1, 0.15) is 6.42 Å². The number of benzene rings is 1. The van der Waals surface area contributed by atoms with Gasteiger partial charge in [0.15, 0.2) is 5.17 Å². The monoisotopic (exact) mass is 274 g/mol. The van der Waals surface area contributed by atoms with Crippen molar-refractivity contribution >= 4 is 51.7 Å². The predicted octanol–water partition coefficient (Wildman–Crippen LogP) is 3.23. The topological polar surface area (TPSA) is 41.5 Å². The van der Waals surface area contributed by atoms with E-state index in [9.17, 15) is 4.79 Å². The van der Waals surface area contributed by atoms with Gasteiger partial charge in [-0.1, -0.05) is 41.0 Å². The molecule has 1 heterocycles. The Bertz CT molecular complexity index is 442. The Labute approximate surface area is 107 Å². The van der Waals surface area contributed by atoms with Crippen LogP contribution in [0.4, 0.5) is 5.69 Å². The van der Waals surface area contributed by atoms with E-state index in [0.29, 0.717) is 27.3 Å². The number of thioether (sulfide) groups is 1. The number of hydrogen-bond acceptors (Lipinski definition) is 3. The summed E-state index contributed by atoms with van der Waals surface area (Å²) in [6.07, 6.45) is 0.514. The smallest absolute Gasteiger partial charge is 0.226 e. The van der Waals surface area contributed by atoms with Gasteiger partial charge in [-0.2, -0.15) is 0 Å². The molecular formula is C10H8Cl2N2OS. The fourth-order valence-corrected chi connectivity index (χ4v) is 2.52. The van der Waals surface area contributed by atoms with Gasteiger partial charge in [-0.15, -0.1) is 0 Å². The average molecular weight is 275 g/mol. The molecule has 0 aromatic heterocycles. The van der Waals surface area contributed by atoms with Crippen molar-refractivity contribution in [1.82, 2.24) is 5.32 Å². The van der Waals surface area contributed by atoms with Gasteiger partial charge in [0.25, 0.3) is 0 Å². The van der Waals surface area contributed by atoms with Gasteiger partial charge in [0.05, 0.1) is 10.0 Å². The van der Waals surface area contributed by atoms with Crippen LogP contribution >= 0.6 is 35.0 Å². The van der Waals surface area contributed by atoms with Gasteiger partial charge in [0, 0.05) is 12.2 Å². The molecule has 84 valence electrons. The molecule has 1 aliphatic heterocycles. The summed E-state index contributed by atoms with van der Waals surface area (Å²) < 4.78 is 0. The second kappa shape index (κ2) is 5.08. The Morgan fingerprint density at radius 3 is 2.62 bits per heavy atom. The Hall–Kier alpha value is -0.710. The zero-order valence-electron chi connectivity index (χ0n) is 8.17. The fourth-order valence-electron chi connectivity index (χ4n) is 1.22. The number of carbonyl (C=O) groups is 1. The summed E-state index contributed by atoms with van der Waals surface area (Å²) in [7, 11) is 0. The molecule has 16 heavy (non-hydrogen) atoms. The predicted molar refractivity (Wildman–Crippen MR) is 68.8 cm³/mol. The van der Waals surface area contributed by atoms with E-state index in [1.54, 1.807) is 18.2 Å². The zero-order chi connectivity index (χ0) is 11.5. The molecule has 0 bridgehead atoms. The molecular weight excluding hydrogens is 267 g/mol. The highest BCUT2D eigenvalue weighted by molar-refractivity contribution is 8.14. The first-order valence-electron chi connectivity index (χ1n) is 4.62. The zero-order valence-corrected chi connectivity index (χ0v) is 10.5. The molecule has 0 spiro atoms.